The molecule has 78 valence electrons. The average Bonchev–Trinajstić information content (AvgIpc) is 2.19. The third-order valence-corrected chi connectivity index (χ3v) is 1.80. The summed E-state index contributed by atoms with van der Waals surface area (Å²) in [4.78, 5) is 8.56. The molecule has 0 amide bonds. The molecule has 0 aromatic carbocycles. The number of hydrogen-bond acceptors (Lipinski definition) is 4. The van der Waals surface area contributed by atoms with Crippen LogP contribution in [0.2, 0.25) is 0 Å². The monoisotopic (exact) mass is 195 g/mol. The highest BCUT2D eigenvalue weighted by Crippen LogP contribution is 1.96. The molecule has 1 rings (SSSR count). The molecule has 0 aliphatic rings. The van der Waals surface area contributed by atoms with Crippen molar-refractivity contribution in [3.63, 3.8) is 0 Å². The van der Waals surface area contributed by atoms with Crippen LogP contribution in [0.1, 0.15) is 18.4 Å². The van der Waals surface area contributed by atoms with Crippen LogP contribution in [-0.2, 0) is 17.7 Å². The summed E-state index contributed by atoms with van der Waals surface area (Å²) < 4.78 is 5.24. The number of nitrogens with zero attached hydrogens (tertiary/aromatic N) is 2. The number of rotatable bonds is 6. The van der Waals surface area contributed by atoms with Crippen LogP contribution in [0.4, 0.5) is 0 Å². The lowest BCUT2D eigenvalue weighted by molar-refractivity contribution is 0.149. The van der Waals surface area contributed by atoms with E-state index in [1.165, 1.54) is 0 Å². The van der Waals surface area contributed by atoms with Crippen molar-refractivity contribution in [2.45, 2.75) is 19.9 Å². The summed E-state index contributed by atoms with van der Waals surface area (Å²) >= 11 is 0. The summed E-state index contributed by atoms with van der Waals surface area (Å²) in [6.45, 7) is 4.21. The highest BCUT2D eigenvalue weighted by molar-refractivity contribution is 5.02. The Bertz CT molecular complexity index is 265. The first-order chi connectivity index (χ1) is 6.86. The van der Waals surface area contributed by atoms with Crippen molar-refractivity contribution in [3.8, 4) is 0 Å². The highest BCUT2D eigenvalue weighted by Gasteiger charge is 1.98. The van der Waals surface area contributed by atoms with E-state index in [1.54, 1.807) is 6.20 Å². The minimum atomic E-state index is 0.694. The minimum Gasteiger partial charge on any atom is -0.381 e. The fourth-order valence-electron chi connectivity index (χ4n) is 1.15. The first kappa shape index (κ1) is 11.1. The van der Waals surface area contributed by atoms with E-state index in [-0.39, 0.29) is 0 Å². The molecule has 0 saturated carbocycles. The van der Waals surface area contributed by atoms with Gasteiger partial charge in [0.15, 0.2) is 0 Å². The fraction of sp³-hybridized carbons (Fsp3) is 0.600. The van der Waals surface area contributed by atoms with Gasteiger partial charge in [-0.15, -0.1) is 0 Å². The molecular formula is C10H17N3O. The molecule has 1 aromatic rings. The molecule has 4 heteroatoms. The summed E-state index contributed by atoms with van der Waals surface area (Å²) in [6.07, 6.45) is 2.58. The molecule has 0 saturated heterocycles. The van der Waals surface area contributed by atoms with Crippen LogP contribution < -0.4 is 5.32 Å². The lowest BCUT2D eigenvalue weighted by atomic mass is 10.3. The van der Waals surface area contributed by atoms with Crippen LogP contribution >= 0.6 is 0 Å². The Hall–Kier alpha value is -1.00. The molecular weight excluding hydrogens is 178 g/mol. The van der Waals surface area contributed by atoms with Crippen molar-refractivity contribution in [2.24, 2.45) is 0 Å². The van der Waals surface area contributed by atoms with E-state index >= 15 is 0 Å². The van der Waals surface area contributed by atoms with E-state index in [0.717, 1.165) is 31.1 Å². The van der Waals surface area contributed by atoms with Gasteiger partial charge in [-0.3, -0.25) is 0 Å². The predicted molar refractivity (Wildman–Crippen MR) is 55.0 cm³/mol. The van der Waals surface area contributed by atoms with Crippen LogP contribution in [0.15, 0.2) is 12.3 Å². The molecule has 0 unspecified atom stereocenters. The van der Waals surface area contributed by atoms with Crippen LogP contribution in [-0.4, -0.2) is 30.2 Å². The minimum absolute atomic E-state index is 0.694. The molecule has 1 aromatic heterocycles. The van der Waals surface area contributed by atoms with Crippen LogP contribution in [0.5, 0.6) is 0 Å². The van der Waals surface area contributed by atoms with Crippen molar-refractivity contribution in [1.29, 1.82) is 0 Å². The Kier molecular flexibility index (Phi) is 5.11. The average molecular weight is 195 g/mol. The smallest absolute Gasteiger partial charge is 0.130 e. The van der Waals surface area contributed by atoms with Crippen molar-refractivity contribution in [2.75, 3.05) is 20.3 Å². The summed E-state index contributed by atoms with van der Waals surface area (Å²) in [5, 5.41) is 3.06. The first-order valence-corrected chi connectivity index (χ1v) is 4.90. The van der Waals surface area contributed by atoms with Gasteiger partial charge in [-0.25, -0.2) is 9.97 Å². The van der Waals surface area contributed by atoms with Crippen molar-refractivity contribution < 1.29 is 4.74 Å². The van der Waals surface area contributed by atoms with Gasteiger partial charge in [0, 0.05) is 25.8 Å². The van der Waals surface area contributed by atoms with Crippen LogP contribution in [0, 0.1) is 0 Å². The van der Waals surface area contributed by atoms with Crippen LogP contribution in [0.3, 0.4) is 0 Å². The van der Waals surface area contributed by atoms with E-state index in [9.17, 15) is 0 Å². The third kappa shape index (κ3) is 3.81. The van der Waals surface area contributed by atoms with Crippen molar-refractivity contribution >= 4 is 0 Å². The first-order valence-electron chi connectivity index (χ1n) is 4.90. The van der Waals surface area contributed by atoms with Gasteiger partial charge < -0.3 is 10.1 Å². The van der Waals surface area contributed by atoms with Gasteiger partial charge in [-0.2, -0.15) is 0 Å². The number of aromatic nitrogens is 2. The number of ether oxygens (including phenoxy) is 1. The number of nitrogens with one attached hydrogen (secondary N) is 1. The number of hydrogen-bond donors (Lipinski definition) is 1. The maximum Gasteiger partial charge on any atom is 0.130 e. The molecule has 0 bridgehead atoms. The Morgan fingerprint density at radius 2 is 2.36 bits per heavy atom. The molecule has 0 aliphatic heterocycles. The lowest BCUT2D eigenvalue weighted by Crippen LogP contribution is -2.10. The van der Waals surface area contributed by atoms with Gasteiger partial charge >= 0.3 is 0 Å². The molecule has 4 nitrogen and oxygen atoms in total. The zero-order valence-electron chi connectivity index (χ0n) is 8.79. The highest BCUT2D eigenvalue weighted by atomic mass is 16.5. The van der Waals surface area contributed by atoms with E-state index in [4.69, 9.17) is 4.74 Å². The quantitative estimate of drug-likeness (QED) is 0.681. The molecule has 0 spiro atoms. The van der Waals surface area contributed by atoms with Gasteiger partial charge in [0.05, 0.1) is 12.3 Å². The second-order valence-corrected chi connectivity index (χ2v) is 2.94. The van der Waals surface area contributed by atoms with Gasteiger partial charge in [-0.05, 0) is 20.0 Å². The van der Waals surface area contributed by atoms with Gasteiger partial charge in [0.2, 0.25) is 0 Å². The molecule has 0 aliphatic carbocycles. The van der Waals surface area contributed by atoms with Crippen LogP contribution in [0.25, 0.3) is 0 Å². The summed E-state index contributed by atoms with van der Waals surface area (Å²) in [5.74, 6) is 0.853. The summed E-state index contributed by atoms with van der Waals surface area (Å²) in [5.41, 5.74) is 1.02. The zero-order chi connectivity index (χ0) is 10.2. The molecule has 0 radical (unpaired) electrons. The molecule has 0 atom stereocenters. The molecule has 14 heavy (non-hydrogen) atoms. The van der Waals surface area contributed by atoms with Gasteiger partial charge in [0.25, 0.3) is 0 Å². The third-order valence-electron chi connectivity index (χ3n) is 1.80. The summed E-state index contributed by atoms with van der Waals surface area (Å²) in [6, 6.07) is 1.92. The summed E-state index contributed by atoms with van der Waals surface area (Å²) in [7, 11) is 1.90. The van der Waals surface area contributed by atoms with Crippen molar-refractivity contribution in [1.82, 2.24) is 15.3 Å². The Balaban J connectivity index is 2.46. The maximum absolute atomic E-state index is 5.24. The van der Waals surface area contributed by atoms with E-state index in [2.05, 4.69) is 15.3 Å². The van der Waals surface area contributed by atoms with Gasteiger partial charge in [-0.1, -0.05) is 0 Å². The molecule has 1 heterocycles. The van der Waals surface area contributed by atoms with E-state index in [1.807, 2.05) is 20.0 Å². The predicted octanol–water partition coefficient (Wildman–Crippen LogP) is 0.775. The Labute approximate surface area is 84.7 Å². The Morgan fingerprint density at radius 3 is 3.07 bits per heavy atom. The maximum atomic E-state index is 5.24. The molecule has 0 fully saturated rings. The zero-order valence-corrected chi connectivity index (χ0v) is 8.79. The van der Waals surface area contributed by atoms with Crippen molar-refractivity contribution in [3.05, 3.63) is 23.8 Å². The van der Waals surface area contributed by atoms with E-state index < -0.39 is 0 Å². The second-order valence-electron chi connectivity index (χ2n) is 2.94. The lowest BCUT2D eigenvalue weighted by Gasteiger charge is -2.03. The molecule has 1 N–H and O–H groups in total. The topological polar surface area (TPSA) is 47.0 Å². The van der Waals surface area contributed by atoms with Gasteiger partial charge in [0.1, 0.15) is 5.82 Å². The Morgan fingerprint density at radius 1 is 1.50 bits per heavy atom. The van der Waals surface area contributed by atoms with E-state index in [0.29, 0.717) is 6.61 Å². The largest absolute Gasteiger partial charge is 0.381 e. The second kappa shape index (κ2) is 6.45. The normalized spacial score (nSPS) is 10.4. The standard InChI is InChI=1S/C10H17N3O/c1-3-14-7-5-10-12-6-4-9(13-10)8-11-2/h4,6,11H,3,5,7-8H2,1-2H3. The SMILES string of the molecule is CCOCCc1nccc(CNC)n1. The fourth-order valence-corrected chi connectivity index (χ4v) is 1.15.